The van der Waals surface area contributed by atoms with Gasteiger partial charge in [-0.3, -0.25) is 4.79 Å². The first-order valence-electron chi connectivity index (χ1n) is 7.88. The largest absolute Gasteiger partial charge is 0.381 e. The Morgan fingerprint density at radius 2 is 2.00 bits per heavy atom. The van der Waals surface area contributed by atoms with E-state index < -0.39 is 5.24 Å². The first kappa shape index (κ1) is 15.6. The molecule has 0 amide bonds. The van der Waals surface area contributed by atoms with Crippen molar-refractivity contribution in [2.75, 3.05) is 49.6 Å². The van der Waals surface area contributed by atoms with Crippen LogP contribution in [0.4, 0.5) is 11.4 Å². The molecule has 5 nitrogen and oxygen atoms in total. The summed E-state index contributed by atoms with van der Waals surface area (Å²) in [5.41, 5.74) is 2.52. The maximum absolute atomic E-state index is 11.7. The summed E-state index contributed by atoms with van der Waals surface area (Å²) in [5.74, 6) is 0. The van der Waals surface area contributed by atoms with Crippen LogP contribution >= 0.6 is 11.6 Å². The normalized spacial score (nSPS) is 20.0. The first-order valence-corrected chi connectivity index (χ1v) is 8.25. The molecule has 22 heavy (non-hydrogen) atoms. The number of halogens is 1. The van der Waals surface area contributed by atoms with E-state index in [0.717, 1.165) is 63.6 Å². The number of ether oxygens (including phenoxy) is 1. The fourth-order valence-corrected chi connectivity index (χ4v) is 3.17. The zero-order valence-corrected chi connectivity index (χ0v) is 13.4. The number of piperazine rings is 1. The second-order valence-electron chi connectivity index (χ2n) is 5.77. The summed E-state index contributed by atoms with van der Waals surface area (Å²) in [6.45, 7) is 5.45. The standard InChI is InChI=1S/C16H22ClN3O2/c17-16(21)14-2-1-13(20-7-5-18-6-8-20)11-15(14)19-12-3-9-22-10-4-12/h1-2,11-12,18-19H,3-10H2. The van der Waals surface area contributed by atoms with Crippen molar-refractivity contribution in [1.82, 2.24) is 5.32 Å². The number of hydrogen-bond donors (Lipinski definition) is 2. The van der Waals surface area contributed by atoms with Gasteiger partial charge in [0, 0.05) is 56.8 Å². The van der Waals surface area contributed by atoms with Crippen LogP contribution in [-0.2, 0) is 4.74 Å². The van der Waals surface area contributed by atoms with Crippen LogP contribution in [0, 0.1) is 0 Å². The number of carbonyl (C=O) groups excluding carboxylic acids is 1. The lowest BCUT2D eigenvalue weighted by atomic mass is 10.1. The molecule has 0 spiro atoms. The molecule has 0 radical (unpaired) electrons. The van der Waals surface area contributed by atoms with Crippen LogP contribution in [0.3, 0.4) is 0 Å². The fourth-order valence-electron chi connectivity index (χ4n) is 3.00. The number of rotatable bonds is 4. The van der Waals surface area contributed by atoms with E-state index in [0.29, 0.717) is 11.6 Å². The number of carbonyl (C=O) groups is 1. The quantitative estimate of drug-likeness (QED) is 0.831. The van der Waals surface area contributed by atoms with E-state index in [9.17, 15) is 4.79 Å². The highest BCUT2D eigenvalue weighted by molar-refractivity contribution is 6.68. The van der Waals surface area contributed by atoms with Crippen molar-refractivity contribution in [3.05, 3.63) is 23.8 Å². The van der Waals surface area contributed by atoms with Gasteiger partial charge in [0.2, 0.25) is 0 Å². The third-order valence-corrected chi connectivity index (χ3v) is 4.48. The Morgan fingerprint density at radius 1 is 1.27 bits per heavy atom. The van der Waals surface area contributed by atoms with Gasteiger partial charge in [-0.25, -0.2) is 0 Å². The maximum Gasteiger partial charge on any atom is 0.254 e. The Balaban J connectivity index is 1.81. The number of benzene rings is 1. The first-order chi connectivity index (χ1) is 10.7. The van der Waals surface area contributed by atoms with Crippen LogP contribution in [0.5, 0.6) is 0 Å². The molecule has 0 atom stereocenters. The van der Waals surface area contributed by atoms with Gasteiger partial charge in [-0.1, -0.05) is 0 Å². The van der Waals surface area contributed by atoms with Gasteiger partial charge < -0.3 is 20.3 Å². The third-order valence-electron chi connectivity index (χ3n) is 4.28. The highest BCUT2D eigenvalue weighted by Gasteiger charge is 2.19. The minimum atomic E-state index is -0.415. The number of hydrogen-bond acceptors (Lipinski definition) is 5. The lowest BCUT2D eigenvalue weighted by Gasteiger charge is -2.31. The third kappa shape index (κ3) is 3.72. The summed E-state index contributed by atoms with van der Waals surface area (Å²) < 4.78 is 5.39. The van der Waals surface area contributed by atoms with Crippen LogP contribution < -0.4 is 15.5 Å². The monoisotopic (exact) mass is 323 g/mol. The predicted octanol–water partition coefficient (Wildman–Crippen LogP) is 2.07. The molecule has 2 saturated heterocycles. The Morgan fingerprint density at radius 3 is 2.68 bits per heavy atom. The zero-order valence-electron chi connectivity index (χ0n) is 12.6. The van der Waals surface area contributed by atoms with Crippen LogP contribution in [0.1, 0.15) is 23.2 Å². The topological polar surface area (TPSA) is 53.6 Å². The van der Waals surface area contributed by atoms with E-state index in [4.69, 9.17) is 16.3 Å². The Hall–Kier alpha value is -1.30. The molecule has 2 aliphatic rings. The minimum absolute atomic E-state index is 0.335. The molecule has 0 bridgehead atoms. The molecule has 1 aromatic carbocycles. The van der Waals surface area contributed by atoms with E-state index in [1.807, 2.05) is 12.1 Å². The lowest BCUT2D eigenvalue weighted by Crippen LogP contribution is -2.43. The molecule has 0 saturated carbocycles. The van der Waals surface area contributed by atoms with Gasteiger partial charge in [0.05, 0.1) is 5.56 Å². The molecule has 2 heterocycles. The molecule has 6 heteroatoms. The smallest absolute Gasteiger partial charge is 0.254 e. The van der Waals surface area contributed by atoms with E-state index in [1.54, 1.807) is 0 Å². The van der Waals surface area contributed by atoms with E-state index >= 15 is 0 Å². The number of nitrogens with one attached hydrogen (secondary N) is 2. The van der Waals surface area contributed by atoms with Crippen molar-refractivity contribution in [1.29, 1.82) is 0 Å². The second-order valence-corrected chi connectivity index (χ2v) is 6.11. The van der Waals surface area contributed by atoms with Crippen LogP contribution in [0.25, 0.3) is 0 Å². The molecule has 1 aromatic rings. The predicted molar refractivity (Wildman–Crippen MR) is 89.2 cm³/mol. The van der Waals surface area contributed by atoms with Crippen LogP contribution in [0.15, 0.2) is 18.2 Å². The van der Waals surface area contributed by atoms with Crippen LogP contribution in [-0.4, -0.2) is 50.7 Å². The van der Waals surface area contributed by atoms with Crippen LogP contribution in [0.2, 0.25) is 0 Å². The Bertz CT molecular complexity index is 526. The minimum Gasteiger partial charge on any atom is -0.381 e. The maximum atomic E-state index is 11.7. The molecule has 3 rings (SSSR count). The van der Waals surface area contributed by atoms with Gasteiger partial charge in [0.15, 0.2) is 0 Å². The second kappa shape index (κ2) is 7.31. The summed E-state index contributed by atoms with van der Waals surface area (Å²) in [4.78, 5) is 14.0. The van der Waals surface area contributed by atoms with E-state index in [-0.39, 0.29) is 0 Å². The fraction of sp³-hybridized carbons (Fsp3) is 0.562. The molecule has 0 unspecified atom stereocenters. The zero-order chi connectivity index (χ0) is 15.4. The van der Waals surface area contributed by atoms with Crippen molar-refractivity contribution in [3.8, 4) is 0 Å². The van der Waals surface area contributed by atoms with Gasteiger partial charge in [-0.15, -0.1) is 0 Å². The molecule has 120 valence electrons. The molecule has 0 aliphatic carbocycles. The Labute approximate surface area is 136 Å². The highest BCUT2D eigenvalue weighted by atomic mass is 35.5. The van der Waals surface area contributed by atoms with Gasteiger partial charge in [0.1, 0.15) is 0 Å². The molecule has 2 fully saturated rings. The lowest BCUT2D eigenvalue weighted by molar-refractivity contribution is 0.0904. The Kier molecular flexibility index (Phi) is 5.18. The molecular weight excluding hydrogens is 302 g/mol. The van der Waals surface area contributed by atoms with Gasteiger partial charge in [-0.05, 0) is 42.6 Å². The van der Waals surface area contributed by atoms with Crippen molar-refractivity contribution in [2.45, 2.75) is 18.9 Å². The van der Waals surface area contributed by atoms with E-state index in [2.05, 4.69) is 21.6 Å². The van der Waals surface area contributed by atoms with Gasteiger partial charge in [-0.2, -0.15) is 0 Å². The summed E-state index contributed by atoms with van der Waals surface area (Å²) in [6.07, 6.45) is 1.90. The molecular formula is C16H22ClN3O2. The summed E-state index contributed by atoms with van der Waals surface area (Å²) in [7, 11) is 0. The average Bonchev–Trinajstić information content (AvgIpc) is 2.56. The van der Waals surface area contributed by atoms with E-state index in [1.165, 1.54) is 0 Å². The molecule has 0 aromatic heterocycles. The molecule has 2 N–H and O–H groups in total. The van der Waals surface area contributed by atoms with Crippen molar-refractivity contribution in [3.63, 3.8) is 0 Å². The molecule has 2 aliphatic heterocycles. The highest BCUT2D eigenvalue weighted by Crippen LogP contribution is 2.27. The van der Waals surface area contributed by atoms with Gasteiger partial charge >= 0.3 is 0 Å². The average molecular weight is 324 g/mol. The van der Waals surface area contributed by atoms with Crippen molar-refractivity contribution >= 4 is 28.2 Å². The number of nitrogens with zero attached hydrogens (tertiary/aromatic N) is 1. The van der Waals surface area contributed by atoms with Gasteiger partial charge in [0.25, 0.3) is 5.24 Å². The summed E-state index contributed by atoms with van der Waals surface area (Å²) >= 11 is 5.74. The summed E-state index contributed by atoms with van der Waals surface area (Å²) in [5, 5.41) is 6.42. The number of anilines is 2. The van der Waals surface area contributed by atoms with Crippen molar-refractivity contribution < 1.29 is 9.53 Å². The summed E-state index contributed by atoms with van der Waals surface area (Å²) in [6, 6.07) is 6.20. The SMILES string of the molecule is O=C(Cl)c1ccc(N2CCNCC2)cc1NC1CCOCC1. The van der Waals surface area contributed by atoms with Crippen molar-refractivity contribution in [2.24, 2.45) is 0 Å².